The lowest BCUT2D eigenvalue weighted by Crippen LogP contribution is -2.36. The lowest BCUT2D eigenvalue weighted by Gasteiger charge is -2.26. The molecule has 1 aliphatic heterocycles. The van der Waals surface area contributed by atoms with Crippen molar-refractivity contribution in [2.45, 2.75) is 31.7 Å². The summed E-state index contributed by atoms with van der Waals surface area (Å²) in [4.78, 5) is 13.8. The Morgan fingerprint density at radius 2 is 1.92 bits per heavy atom. The van der Waals surface area contributed by atoms with Crippen molar-refractivity contribution in [1.82, 2.24) is 15.5 Å². The Morgan fingerprint density at radius 1 is 1.29 bits per heavy atom. The molecule has 1 atom stereocenters. The molecule has 1 fully saturated rings. The number of nitrogens with zero attached hydrogens (tertiary/aromatic N) is 1. The minimum Gasteiger partial charge on any atom is -0.354 e. The first-order valence-electron chi connectivity index (χ1n) is 8.56. The van der Waals surface area contributed by atoms with Gasteiger partial charge in [-0.2, -0.15) is 0 Å². The molecule has 1 amide bonds. The van der Waals surface area contributed by atoms with Gasteiger partial charge in [0.25, 0.3) is 0 Å². The van der Waals surface area contributed by atoms with Crippen LogP contribution in [0.3, 0.4) is 0 Å². The predicted molar refractivity (Wildman–Crippen MR) is 90.6 cm³/mol. The first-order valence-corrected chi connectivity index (χ1v) is 8.56. The summed E-state index contributed by atoms with van der Waals surface area (Å²) in [6.07, 6.45) is 3.54. The lowest BCUT2D eigenvalue weighted by atomic mass is 9.93. The number of likely N-dealkylation sites (N-methyl/N-ethyl adjacent to an activating group) is 1. The second-order valence-corrected chi connectivity index (χ2v) is 6.65. The van der Waals surface area contributed by atoms with E-state index in [1.807, 2.05) is 0 Å². The van der Waals surface area contributed by atoms with Crippen LogP contribution in [0.2, 0.25) is 0 Å². The standard InChI is InChI=1S/C18H27F2N3O/c1-23(2)16(18-14(19)4-3-5-15(18)20)12-22-17(24)7-6-13-8-10-21-11-9-13/h3-5,13,16,21H,6-12H2,1-2H3,(H,22,24). The van der Waals surface area contributed by atoms with Gasteiger partial charge in [-0.15, -0.1) is 0 Å². The number of hydrogen-bond acceptors (Lipinski definition) is 3. The van der Waals surface area contributed by atoms with E-state index in [-0.39, 0.29) is 18.0 Å². The number of piperidine rings is 1. The number of amides is 1. The Balaban J connectivity index is 1.88. The minimum absolute atomic E-state index is 0.00107. The van der Waals surface area contributed by atoms with Gasteiger partial charge in [0.2, 0.25) is 5.91 Å². The van der Waals surface area contributed by atoms with Crippen molar-refractivity contribution >= 4 is 5.91 Å². The third-order valence-corrected chi connectivity index (χ3v) is 4.69. The molecular formula is C18H27F2N3O. The zero-order valence-corrected chi connectivity index (χ0v) is 14.4. The number of halogens is 2. The number of rotatable bonds is 7. The van der Waals surface area contributed by atoms with Crippen molar-refractivity contribution in [3.8, 4) is 0 Å². The van der Waals surface area contributed by atoms with Crippen LogP contribution in [0.25, 0.3) is 0 Å². The maximum absolute atomic E-state index is 14.0. The van der Waals surface area contributed by atoms with E-state index in [9.17, 15) is 13.6 Å². The smallest absolute Gasteiger partial charge is 0.220 e. The van der Waals surface area contributed by atoms with E-state index < -0.39 is 17.7 Å². The van der Waals surface area contributed by atoms with Crippen molar-refractivity contribution in [2.75, 3.05) is 33.7 Å². The number of carbonyl (C=O) groups is 1. The van der Waals surface area contributed by atoms with E-state index in [2.05, 4.69) is 10.6 Å². The highest BCUT2D eigenvalue weighted by Gasteiger charge is 2.23. The molecule has 1 aliphatic rings. The topological polar surface area (TPSA) is 44.4 Å². The molecule has 1 unspecified atom stereocenters. The summed E-state index contributed by atoms with van der Waals surface area (Å²) in [6.45, 7) is 2.22. The molecule has 2 rings (SSSR count). The van der Waals surface area contributed by atoms with Crippen LogP contribution in [0.1, 0.15) is 37.3 Å². The summed E-state index contributed by atoms with van der Waals surface area (Å²) in [5.74, 6) is -0.641. The van der Waals surface area contributed by atoms with E-state index in [0.29, 0.717) is 12.3 Å². The number of hydrogen-bond donors (Lipinski definition) is 2. The molecule has 1 aromatic carbocycles. The maximum Gasteiger partial charge on any atom is 0.220 e. The van der Waals surface area contributed by atoms with Gasteiger partial charge in [-0.3, -0.25) is 4.79 Å². The van der Waals surface area contributed by atoms with Crippen LogP contribution in [-0.4, -0.2) is 44.5 Å². The van der Waals surface area contributed by atoms with E-state index in [1.165, 1.54) is 18.2 Å². The van der Waals surface area contributed by atoms with Crippen molar-refractivity contribution in [1.29, 1.82) is 0 Å². The Morgan fingerprint density at radius 3 is 2.50 bits per heavy atom. The van der Waals surface area contributed by atoms with Crippen molar-refractivity contribution in [3.05, 3.63) is 35.4 Å². The Hall–Kier alpha value is -1.53. The molecule has 134 valence electrons. The third-order valence-electron chi connectivity index (χ3n) is 4.69. The molecule has 6 heteroatoms. The second kappa shape index (κ2) is 9.08. The molecule has 0 aromatic heterocycles. The van der Waals surface area contributed by atoms with E-state index in [4.69, 9.17) is 0 Å². The SMILES string of the molecule is CN(C)C(CNC(=O)CCC1CCNCC1)c1c(F)cccc1F. The van der Waals surface area contributed by atoms with Gasteiger partial charge in [0.05, 0.1) is 6.04 Å². The summed E-state index contributed by atoms with van der Waals surface area (Å²) in [5, 5.41) is 6.13. The average molecular weight is 339 g/mol. The fraction of sp³-hybridized carbons (Fsp3) is 0.611. The van der Waals surface area contributed by atoms with Crippen LogP contribution in [0.15, 0.2) is 18.2 Å². The van der Waals surface area contributed by atoms with Gasteiger partial charge in [-0.25, -0.2) is 8.78 Å². The molecule has 1 saturated heterocycles. The maximum atomic E-state index is 14.0. The van der Waals surface area contributed by atoms with Gasteiger partial charge < -0.3 is 15.5 Å². The summed E-state index contributed by atoms with van der Waals surface area (Å²) < 4.78 is 28.0. The van der Waals surface area contributed by atoms with E-state index >= 15 is 0 Å². The Labute approximate surface area is 142 Å². The Kier molecular flexibility index (Phi) is 7.12. The van der Waals surface area contributed by atoms with Gasteiger partial charge >= 0.3 is 0 Å². The summed E-state index contributed by atoms with van der Waals surface area (Å²) >= 11 is 0. The fourth-order valence-corrected chi connectivity index (χ4v) is 3.18. The molecule has 0 spiro atoms. The van der Waals surface area contributed by atoms with Crippen molar-refractivity contribution in [2.24, 2.45) is 5.92 Å². The van der Waals surface area contributed by atoms with Crippen LogP contribution in [0.4, 0.5) is 8.78 Å². The van der Waals surface area contributed by atoms with Crippen LogP contribution >= 0.6 is 0 Å². The van der Waals surface area contributed by atoms with Crippen molar-refractivity contribution in [3.63, 3.8) is 0 Å². The molecule has 0 aliphatic carbocycles. The quantitative estimate of drug-likeness (QED) is 0.802. The highest BCUT2D eigenvalue weighted by Crippen LogP contribution is 2.24. The highest BCUT2D eigenvalue weighted by atomic mass is 19.1. The molecule has 1 heterocycles. The zero-order valence-electron chi connectivity index (χ0n) is 14.4. The fourth-order valence-electron chi connectivity index (χ4n) is 3.18. The molecule has 0 bridgehead atoms. The first-order chi connectivity index (χ1) is 11.5. The molecule has 2 N–H and O–H groups in total. The highest BCUT2D eigenvalue weighted by molar-refractivity contribution is 5.75. The van der Waals surface area contributed by atoms with E-state index in [0.717, 1.165) is 32.4 Å². The molecule has 0 radical (unpaired) electrons. The van der Waals surface area contributed by atoms with Gasteiger partial charge in [0.1, 0.15) is 11.6 Å². The largest absolute Gasteiger partial charge is 0.354 e. The van der Waals surface area contributed by atoms with Crippen LogP contribution < -0.4 is 10.6 Å². The first kappa shape index (κ1) is 18.8. The second-order valence-electron chi connectivity index (χ2n) is 6.65. The van der Waals surface area contributed by atoms with Gasteiger partial charge in [0.15, 0.2) is 0 Å². The van der Waals surface area contributed by atoms with Crippen molar-refractivity contribution < 1.29 is 13.6 Å². The van der Waals surface area contributed by atoms with Crippen LogP contribution in [-0.2, 0) is 4.79 Å². The number of benzene rings is 1. The molecule has 24 heavy (non-hydrogen) atoms. The van der Waals surface area contributed by atoms with Gasteiger partial charge in [0, 0.05) is 18.5 Å². The summed E-state index contributed by atoms with van der Waals surface area (Å²) in [5.41, 5.74) is 0.00107. The van der Waals surface area contributed by atoms with E-state index in [1.54, 1.807) is 19.0 Å². The van der Waals surface area contributed by atoms with Gasteiger partial charge in [-0.05, 0) is 64.5 Å². The number of nitrogens with one attached hydrogen (secondary N) is 2. The lowest BCUT2D eigenvalue weighted by molar-refractivity contribution is -0.121. The molecular weight excluding hydrogens is 312 g/mol. The molecule has 1 aromatic rings. The Bertz CT molecular complexity index is 525. The number of carbonyl (C=O) groups excluding carboxylic acids is 1. The van der Waals surface area contributed by atoms with Crippen LogP contribution in [0, 0.1) is 17.6 Å². The minimum atomic E-state index is -0.586. The molecule has 0 saturated carbocycles. The summed E-state index contributed by atoms with van der Waals surface area (Å²) in [7, 11) is 3.50. The normalized spacial score (nSPS) is 17.0. The predicted octanol–water partition coefficient (Wildman–Crippen LogP) is 2.46. The van der Waals surface area contributed by atoms with Gasteiger partial charge in [-0.1, -0.05) is 6.07 Å². The molecule has 4 nitrogen and oxygen atoms in total. The zero-order chi connectivity index (χ0) is 17.5. The summed E-state index contributed by atoms with van der Waals surface area (Å²) in [6, 6.07) is 3.30. The van der Waals surface area contributed by atoms with Crippen LogP contribution in [0.5, 0.6) is 0 Å². The third kappa shape index (κ3) is 5.24. The monoisotopic (exact) mass is 339 g/mol. The average Bonchev–Trinajstić information content (AvgIpc) is 2.56.